The Labute approximate surface area is 168 Å². The van der Waals surface area contributed by atoms with Gasteiger partial charge in [0.15, 0.2) is 0 Å². The maximum atomic E-state index is 13.0. The molecule has 1 amide bonds. The Morgan fingerprint density at radius 1 is 1.07 bits per heavy atom. The molecule has 0 saturated carbocycles. The predicted molar refractivity (Wildman–Crippen MR) is 107 cm³/mol. The van der Waals surface area contributed by atoms with E-state index >= 15 is 0 Å². The summed E-state index contributed by atoms with van der Waals surface area (Å²) in [6.45, 7) is 2.74. The molecule has 3 aromatic rings. The molecular weight excluding hydrogens is 368 g/mol. The van der Waals surface area contributed by atoms with Gasteiger partial charge in [-0.25, -0.2) is 9.67 Å². The molecule has 0 radical (unpaired) electrons. The number of hydrogen-bond donors (Lipinski definition) is 1. The number of aliphatic carboxylic acids is 1. The van der Waals surface area contributed by atoms with Gasteiger partial charge in [0.05, 0.1) is 11.1 Å². The molecule has 1 N–H and O–H groups in total. The Hall–Kier alpha value is -3.48. The third-order valence-electron chi connectivity index (χ3n) is 5.75. The Balaban J connectivity index is 1.52. The van der Waals surface area contributed by atoms with Crippen molar-refractivity contribution in [3.05, 3.63) is 77.9 Å². The zero-order valence-electron chi connectivity index (χ0n) is 16.2. The number of carbonyl (C=O) groups is 2. The van der Waals surface area contributed by atoms with Crippen LogP contribution in [0.4, 0.5) is 0 Å². The molecule has 148 valence electrons. The summed E-state index contributed by atoms with van der Waals surface area (Å²) in [6, 6.07) is 14.8. The van der Waals surface area contributed by atoms with Crippen LogP contribution < -0.4 is 0 Å². The highest BCUT2D eigenvalue weighted by atomic mass is 16.4. The van der Waals surface area contributed by atoms with Crippen LogP contribution in [0.2, 0.25) is 0 Å². The fourth-order valence-corrected chi connectivity index (χ4v) is 4.04. The maximum absolute atomic E-state index is 13.0. The number of aromatic nitrogens is 3. The molecule has 1 aliphatic heterocycles. The van der Waals surface area contributed by atoms with Crippen molar-refractivity contribution in [2.45, 2.75) is 25.2 Å². The summed E-state index contributed by atoms with van der Waals surface area (Å²) in [5.41, 5.74) is 2.24. The molecule has 7 nitrogen and oxygen atoms in total. The number of rotatable bonds is 4. The molecule has 0 aliphatic carbocycles. The molecule has 0 bridgehead atoms. The molecule has 2 heterocycles. The molecule has 1 saturated heterocycles. The van der Waals surface area contributed by atoms with Crippen LogP contribution in [0.3, 0.4) is 0 Å². The standard InChI is InChI=1S/C22H22N4O3/c1-16-13-17(7-8-19(16)26-15-23-14-24-26)20(27)25-11-9-22(10-12-25,21(28)29)18-5-3-2-4-6-18/h2-8,13-15H,9-12H2,1H3,(H,28,29). The van der Waals surface area contributed by atoms with Crippen LogP contribution in [0.5, 0.6) is 0 Å². The number of hydrogen-bond acceptors (Lipinski definition) is 4. The van der Waals surface area contributed by atoms with Crippen molar-refractivity contribution in [1.82, 2.24) is 19.7 Å². The molecule has 1 fully saturated rings. The lowest BCUT2D eigenvalue weighted by atomic mass is 9.72. The zero-order valence-corrected chi connectivity index (χ0v) is 16.2. The molecule has 29 heavy (non-hydrogen) atoms. The third-order valence-corrected chi connectivity index (χ3v) is 5.75. The summed E-state index contributed by atoms with van der Waals surface area (Å²) in [7, 11) is 0. The normalized spacial score (nSPS) is 15.8. The van der Waals surface area contributed by atoms with Gasteiger partial charge in [-0.1, -0.05) is 30.3 Å². The first-order valence-corrected chi connectivity index (χ1v) is 9.55. The van der Waals surface area contributed by atoms with Gasteiger partial charge in [-0.15, -0.1) is 0 Å². The number of benzene rings is 2. The first-order valence-electron chi connectivity index (χ1n) is 9.55. The number of carbonyl (C=O) groups excluding carboxylic acids is 1. The van der Waals surface area contributed by atoms with Gasteiger partial charge in [0.1, 0.15) is 12.7 Å². The second-order valence-corrected chi connectivity index (χ2v) is 7.39. The number of aryl methyl sites for hydroxylation is 1. The first-order chi connectivity index (χ1) is 14.0. The second-order valence-electron chi connectivity index (χ2n) is 7.39. The minimum Gasteiger partial charge on any atom is -0.481 e. The van der Waals surface area contributed by atoms with Gasteiger partial charge in [0.25, 0.3) is 5.91 Å². The molecule has 2 aromatic carbocycles. The van der Waals surface area contributed by atoms with Crippen molar-refractivity contribution in [2.75, 3.05) is 13.1 Å². The fraction of sp³-hybridized carbons (Fsp3) is 0.273. The van der Waals surface area contributed by atoms with E-state index in [2.05, 4.69) is 10.1 Å². The van der Waals surface area contributed by atoms with Gasteiger partial charge < -0.3 is 10.0 Å². The second kappa shape index (κ2) is 7.50. The molecular formula is C22H22N4O3. The summed E-state index contributed by atoms with van der Waals surface area (Å²) in [6.07, 6.45) is 3.87. The molecule has 4 rings (SSSR count). The van der Waals surface area contributed by atoms with Crippen LogP contribution in [0.1, 0.15) is 34.3 Å². The van der Waals surface area contributed by atoms with Crippen molar-refractivity contribution in [3.8, 4) is 5.69 Å². The lowest BCUT2D eigenvalue weighted by Crippen LogP contribution is -2.49. The third kappa shape index (κ3) is 3.40. The van der Waals surface area contributed by atoms with Crippen molar-refractivity contribution in [1.29, 1.82) is 0 Å². The van der Waals surface area contributed by atoms with E-state index in [9.17, 15) is 14.7 Å². The summed E-state index contributed by atoms with van der Waals surface area (Å²) in [5, 5.41) is 14.1. The summed E-state index contributed by atoms with van der Waals surface area (Å²) >= 11 is 0. The van der Waals surface area contributed by atoms with Crippen molar-refractivity contribution in [2.24, 2.45) is 0 Å². The van der Waals surface area contributed by atoms with Crippen molar-refractivity contribution < 1.29 is 14.7 Å². The van der Waals surface area contributed by atoms with Crippen LogP contribution >= 0.6 is 0 Å². The highest BCUT2D eigenvalue weighted by Crippen LogP contribution is 2.36. The monoisotopic (exact) mass is 390 g/mol. The summed E-state index contributed by atoms with van der Waals surface area (Å²) in [5.74, 6) is -0.908. The number of piperidine rings is 1. The first kappa shape index (κ1) is 18.9. The quantitative estimate of drug-likeness (QED) is 0.740. The van der Waals surface area contributed by atoms with Crippen LogP contribution in [0, 0.1) is 6.92 Å². The molecule has 7 heteroatoms. The average Bonchev–Trinajstić information content (AvgIpc) is 3.28. The van der Waals surface area contributed by atoms with Crippen molar-refractivity contribution in [3.63, 3.8) is 0 Å². The summed E-state index contributed by atoms with van der Waals surface area (Å²) < 4.78 is 1.66. The number of carboxylic acid groups (broad SMARTS) is 1. The van der Waals surface area contributed by atoms with Gasteiger partial charge in [-0.3, -0.25) is 9.59 Å². The lowest BCUT2D eigenvalue weighted by molar-refractivity contribution is -0.145. The SMILES string of the molecule is Cc1cc(C(=O)N2CCC(C(=O)O)(c3ccccc3)CC2)ccc1-n1cncn1. The lowest BCUT2D eigenvalue weighted by Gasteiger charge is -2.39. The molecule has 0 spiro atoms. The topological polar surface area (TPSA) is 88.3 Å². The van der Waals surface area contributed by atoms with E-state index in [1.54, 1.807) is 22.0 Å². The Morgan fingerprint density at radius 2 is 1.79 bits per heavy atom. The molecule has 0 unspecified atom stereocenters. The van der Waals surface area contributed by atoms with Gasteiger partial charge in [-0.05, 0) is 49.1 Å². The predicted octanol–water partition coefficient (Wildman–Crippen LogP) is 2.83. The molecule has 1 aliphatic rings. The Kier molecular flexibility index (Phi) is 4.88. The van der Waals surface area contributed by atoms with Gasteiger partial charge in [0, 0.05) is 18.7 Å². The van der Waals surface area contributed by atoms with E-state index in [4.69, 9.17) is 0 Å². The Morgan fingerprint density at radius 3 is 2.38 bits per heavy atom. The number of carboxylic acids is 1. The maximum Gasteiger partial charge on any atom is 0.314 e. The van der Waals surface area contributed by atoms with Crippen LogP contribution in [0.25, 0.3) is 5.69 Å². The van der Waals surface area contributed by atoms with E-state index in [0.717, 1.165) is 16.8 Å². The average molecular weight is 390 g/mol. The number of likely N-dealkylation sites (tertiary alicyclic amines) is 1. The van der Waals surface area contributed by atoms with Crippen LogP contribution in [-0.4, -0.2) is 49.7 Å². The number of amides is 1. The van der Waals surface area contributed by atoms with Crippen LogP contribution in [0.15, 0.2) is 61.2 Å². The smallest absolute Gasteiger partial charge is 0.314 e. The van der Waals surface area contributed by atoms with Crippen molar-refractivity contribution >= 4 is 11.9 Å². The number of nitrogens with zero attached hydrogens (tertiary/aromatic N) is 4. The minimum atomic E-state index is -0.940. The summed E-state index contributed by atoms with van der Waals surface area (Å²) in [4.78, 5) is 30.8. The zero-order chi connectivity index (χ0) is 20.4. The van der Waals surface area contributed by atoms with Gasteiger partial charge >= 0.3 is 5.97 Å². The molecule has 0 atom stereocenters. The van der Waals surface area contributed by atoms with E-state index in [1.807, 2.05) is 49.4 Å². The fourth-order valence-electron chi connectivity index (χ4n) is 4.04. The van der Waals surface area contributed by atoms with E-state index in [1.165, 1.54) is 6.33 Å². The van der Waals surface area contributed by atoms with Gasteiger partial charge in [0.2, 0.25) is 0 Å². The minimum absolute atomic E-state index is 0.0784. The van der Waals surface area contributed by atoms with Gasteiger partial charge in [-0.2, -0.15) is 5.10 Å². The largest absolute Gasteiger partial charge is 0.481 e. The van der Waals surface area contributed by atoms with E-state index in [0.29, 0.717) is 31.5 Å². The van der Waals surface area contributed by atoms with E-state index < -0.39 is 11.4 Å². The molecule has 1 aromatic heterocycles. The highest BCUT2D eigenvalue weighted by Gasteiger charge is 2.43. The highest BCUT2D eigenvalue weighted by molar-refractivity contribution is 5.95. The van der Waals surface area contributed by atoms with Crippen LogP contribution in [-0.2, 0) is 10.2 Å². The Bertz CT molecular complexity index is 1020. The van der Waals surface area contributed by atoms with E-state index in [-0.39, 0.29) is 5.91 Å².